The molecule has 1 N–H and O–H groups in total. The highest BCUT2D eigenvalue weighted by Crippen LogP contribution is 2.38. The van der Waals surface area contributed by atoms with Gasteiger partial charge in [-0.2, -0.15) is 13.2 Å². The van der Waals surface area contributed by atoms with Crippen LogP contribution in [0, 0.1) is 5.92 Å². The third-order valence-electron chi connectivity index (χ3n) is 5.22. The number of nitrogens with one attached hydrogen (secondary N) is 1. The summed E-state index contributed by atoms with van der Waals surface area (Å²) in [6.45, 7) is 10.7. The van der Waals surface area contributed by atoms with Crippen molar-refractivity contribution in [1.29, 1.82) is 0 Å². The number of rotatable bonds is 9. The molecule has 0 saturated carbocycles. The Hall–Kier alpha value is -2.08. The standard InChI is InChI=1S/C23H31F3N2O/c1-5-8-14-29-21-12-11-17(15-18(21)23(24,25)26)19(7-3)28-22(16(4)6-2)20-10-9-13-27-20/h5,7,11-12,15-16,20,27H,1,6,8-10,13-14H2,2-4H3/b19-7-,28-22?. The first-order chi connectivity index (χ1) is 13.8. The van der Waals surface area contributed by atoms with Crippen molar-refractivity contribution in [2.24, 2.45) is 10.9 Å². The summed E-state index contributed by atoms with van der Waals surface area (Å²) in [4.78, 5) is 4.84. The second-order valence-corrected chi connectivity index (χ2v) is 7.30. The Kier molecular flexibility index (Phi) is 8.50. The molecule has 1 heterocycles. The first kappa shape index (κ1) is 23.2. The summed E-state index contributed by atoms with van der Waals surface area (Å²) < 4.78 is 46.2. The third-order valence-corrected chi connectivity index (χ3v) is 5.22. The summed E-state index contributed by atoms with van der Waals surface area (Å²) in [5.74, 6) is 0.0892. The summed E-state index contributed by atoms with van der Waals surface area (Å²) in [5, 5.41) is 3.46. The molecule has 0 aromatic heterocycles. The normalized spacial score (nSPS) is 19.3. The predicted molar refractivity (Wildman–Crippen MR) is 113 cm³/mol. The minimum Gasteiger partial charge on any atom is -0.493 e. The van der Waals surface area contributed by atoms with Gasteiger partial charge in [-0.25, -0.2) is 0 Å². The monoisotopic (exact) mass is 408 g/mol. The van der Waals surface area contributed by atoms with Crippen LogP contribution in [0.25, 0.3) is 5.70 Å². The van der Waals surface area contributed by atoms with Crippen molar-refractivity contribution in [1.82, 2.24) is 5.32 Å². The molecule has 0 radical (unpaired) electrons. The quantitative estimate of drug-likeness (QED) is 0.297. The second kappa shape index (κ2) is 10.6. The fraction of sp³-hybridized carbons (Fsp3) is 0.522. The van der Waals surface area contributed by atoms with E-state index in [9.17, 15) is 13.2 Å². The molecule has 1 aromatic carbocycles. The predicted octanol–water partition coefficient (Wildman–Crippen LogP) is 6.26. The van der Waals surface area contributed by atoms with E-state index in [0.717, 1.165) is 37.6 Å². The van der Waals surface area contributed by atoms with Crippen LogP contribution in [0.3, 0.4) is 0 Å². The summed E-state index contributed by atoms with van der Waals surface area (Å²) in [6.07, 6.45) is 2.37. The zero-order chi connectivity index (χ0) is 21.4. The number of nitrogens with zero attached hydrogens (tertiary/aromatic N) is 1. The van der Waals surface area contributed by atoms with Crippen LogP contribution in [-0.2, 0) is 6.18 Å². The Morgan fingerprint density at radius 2 is 2.17 bits per heavy atom. The lowest BCUT2D eigenvalue weighted by molar-refractivity contribution is -0.138. The number of benzene rings is 1. The number of hydrogen-bond donors (Lipinski definition) is 1. The molecule has 1 aliphatic heterocycles. The van der Waals surface area contributed by atoms with Gasteiger partial charge >= 0.3 is 6.18 Å². The molecule has 1 aromatic rings. The van der Waals surface area contributed by atoms with Crippen LogP contribution in [0.2, 0.25) is 0 Å². The molecule has 2 rings (SSSR count). The Bertz CT molecular complexity index is 747. The molecule has 1 saturated heterocycles. The molecule has 6 heteroatoms. The van der Waals surface area contributed by atoms with E-state index in [2.05, 4.69) is 25.7 Å². The van der Waals surface area contributed by atoms with Crippen LogP contribution < -0.4 is 10.1 Å². The Balaban J connectivity index is 2.42. The van der Waals surface area contributed by atoms with E-state index in [1.807, 2.05) is 0 Å². The highest BCUT2D eigenvalue weighted by atomic mass is 19.4. The molecule has 3 nitrogen and oxygen atoms in total. The van der Waals surface area contributed by atoms with Gasteiger partial charge in [0.2, 0.25) is 0 Å². The fourth-order valence-corrected chi connectivity index (χ4v) is 3.40. The average molecular weight is 409 g/mol. The van der Waals surface area contributed by atoms with Crippen LogP contribution in [0.1, 0.15) is 57.6 Å². The lowest BCUT2D eigenvalue weighted by Gasteiger charge is -2.21. The molecule has 0 spiro atoms. The Morgan fingerprint density at radius 1 is 1.41 bits per heavy atom. The Labute approximate surface area is 171 Å². The van der Waals surface area contributed by atoms with Crippen molar-refractivity contribution < 1.29 is 17.9 Å². The zero-order valence-corrected chi connectivity index (χ0v) is 17.5. The number of halogens is 3. The van der Waals surface area contributed by atoms with Gasteiger partial charge in [-0.1, -0.05) is 26.0 Å². The van der Waals surface area contributed by atoms with Crippen molar-refractivity contribution in [3.8, 4) is 5.75 Å². The maximum absolute atomic E-state index is 13.6. The highest BCUT2D eigenvalue weighted by molar-refractivity contribution is 5.95. The lowest BCUT2D eigenvalue weighted by Crippen LogP contribution is -2.34. The highest BCUT2D eigenvalue weighted by Gasteiger charge is 2.35. The van der Waals surface area contributed by atoms with Gasteiger partial charge in [0.05, 0.1) is 17.9 Å². The van der Waals surface area contributed by atoms with Crippen molar-refractivity contribution in [2.75, 3.05) is 13.2 Å². The van der Waals surface area contributed by atoms with Gasteiger partial charge in [0.25, 0.3) is 0 Å². The van der Waals surface area contributed by atoms with Crippen molar-refractivity contribution in [2.45, 2.75) is 58.7 Å². The van der Waals surface area contributed by atoms with Crippen LogP contribution in [0.4, 0.5) is 13.2 Å². The molecule has 2 unspecified atom stereocenters. The fourth-order valence-electron chi connectivity index (χ4n) is 3.40. The lowest BCUT2D eigenvalue weighted by atomic mass is 9.95. The van der Waals surface area contributed by atoms with E-state index in [1.54, 1.807) is 25.1 Å². The molecule has 160 valence electrons. The number of ether oxygens (including phenoxy) is 1. The van der Waals surface area contributed by atoms with E-state index in [4.69, 9.17) is 9.73 Å². The van der Waals surface area contributed by atoms with E-state index in [0.29, 0.717) is 17.7 Å². The topological polar surface area (TPSA) is 33.6 Å². The number of aliphatic imine (C=N–C) groups is 1. The molecule has 1 fully saturated rings. The molecular formula is C23H31F3N2O. The molecule has 29 heavy (non-hydrogen) atoms. The van der Waals surface area contributed by atoms with Gasteiger partial charge in [0.15, 0.2) is 0 Å². The Morgan fingerprint density at radius 3 is 2.72 bits per heavy atom. The largest absolute Gasteiger partial charge is 0.493 e. The van der Waals surface area contributed by atoms with E-state index in [-0.39, 0.29) is 24.3 Å². The first-order valence-corrected chi connectivity index (χ1v) is 10.2. The molecule has 2 atom stereocenters. The summed E-state index contributed by atoms with van der Waals surface area (Å²) >= 11 is 0. The molecule has 0 amide bonds. The summed E-state index contributed by atoms with van der Waals surface area (Å²) in [6, 6.07) is 4.35. The van der Waals surface area contributed by atoms with Crippen LogP contribution in [0.5, 0.6) is 5.75 Å². The van der Waals surface area contributed by atoms with Crippen LogP contribution in [-0.4, -0.2) is 24.9 Å². The SMILES string of the molecule is C=CCCOc1ccc(/C(=C/C)N=C(C(C)CC)C2CCCN2)cc1C(F)(F)F. The smallest absolute Gasteiger partial charge is 0.419 e. The molecule has 0 aliphatic carbocycles. The van der Waals surface area contributed by atoms with E-state index in [1.165, 1.54) is 6.07 Å². The van der Waals surface area contributed by atoms with Gasteiger partial charge < -0.3 is 10.1 Å². The van der Waals surface area contributed by atoms with Crippen molar-refractivity contribution in [3.63, 3.8) is 0 Å². The first-order valence-electron chi connectivity index (χ1n) is 10.2. The summed E-state index contributed by atoms with van der Waals surface area (Å²) in [7, 11) is 0. The maximum Gasteiger partial charge on any atom is 0.419 e. The van der Waals surface area contributed by atoms with Crippen molar-refractivity contribution >= 4 is 11.4 Å². The third kappa shape index (κ3) is 6.20. The van der Waals surface area contributed by atoms with Crippen LogP contribution in [0.15, 0.2) is 41.9 Å². The number of alkyl halides is 3. The average Bonchev–Trinajstić information content (AvgIpc) is 3.22. The van der Waals surface area contributed by atoms with Gasteiger partial charge in [0, 0.05) is 17.3 Å². The maximum atomic E-state index is 13.6. The van der Waals surface area contributed by atoms with E-state index >= 15 is 0 Å². The van der Waals surface area contributed by atoms with Gasteiger partial charge in [-0.05, 0) is 63.3 Å². The minimum absolute atomic E-state index is 0.159. The molecular weight excluding hydrogens is 377 g/mol. The molecule has 0 bridgehead atoms. The van der Waals surface area contributed by atoms with Gasteiger partial charge in [-0.15, -0.1) is 6.58 Å². The van der Waals surface area contributed by atoms with E-state index < -0.39 is 11.7 Å². The van der Waals surface area contributed by atoms with Crippen LogP contribution >= 0.6 is 0 Å². The second-order valence-electron chi connectivity index (χ2n) is 7.30. The van der Waals surface area contributed by atoms with Gasteiger partial charge in [0.1, 0.15) is 5.75 Å². The summed E-state index contributed by atoms with van der Waals surface area (Å²) in [5.41, 5.74) is 1.22. The number of hydrogen-bond acceptors (Lipinski definition) is 3. The molecule has 1 aliphatic rings. The zero-order valence-electron chi connectivity index (χ0n) is 17.5. The number of allylic oxidation sites excluding steroid dienone is 1. The minimum atomic E-state index is -4.51. The van der Waals surface area contributed by atoms with Crippen molar-refractivity contribution in [3.05, 3.63) is 48.1 Å². The van der Waals surface area contributed by atoms with Gasteiger partial charge in [-0.3, -0.25) is 4.99 Å².